The number of fused-ring (bicyclic) bond motifs is 1. The van der Waals surface area contributed by atoms with Crippen LogP contribution in [-0.2, 0) is 17.9 Å². The van der Waals surface area contributed by atoms with Crippen LogP contribution < -0.4 is 11.2 Å². The van der Waals surface area contributed by atoms with Gasteiger partial charge in [0, 0.05) is 31.6 Å². The highest BCUT2D eigenvalue weighted by molar-refractivity contribution is 7.20. The van der Waals surface area contributed by atoms with Gasteiger partial charge < -0.3 is 10.0 Å². The van der Waals surface area contributed by atoms with E-state index in [1.807, 2.05) is 0 Å². The van der Waals surface area contributed by atoms with Gasteiger partial charge in [0.05, 0.1) is 16.8 Å². The smallest absolute Gasteiger partial charge is 0.413 e. The molecule has 1 saturated heterocycles. The predicted molar refractivity (Wildman–Crippen MR) is 117 cm³/mol. The van der Waals surface area contributed by atoms with Gasteiger partial charge in [-0.3, -0.25) is 23.5 Å². The molecule has 12 heteroatoms. The first kappa shape index (κ1) is 24.7. The van der Waals surface area contributed by atoms with Crippen molar-refractivity contribution in [3.05, 3.63) is 43.4 Å². The minimum atomic E-state index is -4.72. The number of carboxylic acids is 1. The van der Waals surface area contributed by atoms with Crippen LogP contribution in [0.15, 0.2) is 21.7 Å². The Hall–Kier alpha value is -2.89. The third kappa shape index (κ3) is 4.75. The summed E-state index contributed by atoms with van der Waals surface area (Å²) >= 11 is 0.820. The number of piperidine rings is 1. The number of aryl methyl sites for hydroxylation is 1. The zero-order chi connectivity index (χ0) is 24.7. The van der Waals surface area contributed by atoms with Gasteiger partial charge in [0.1, 0.15) is 4.83 Å². The first-order chi connectivity index (χ1) is 15.4. The second kappa shape index (κ2) is 9.16. The number of carbonyl (C=O) groups excluding carboxylic acids is 1. The van der Waals surface area contributed by atoms with Gasteiger partial charge >= 0.3 is 17.8 Å². The third-order valence-electron chi connectivity index (χ3n) is 5.92. The molecular weight excluding hydrogens is 463 g/mol. The number of thiophene rings is 1. The molecule has 0 spiro atoms. The highest BCUT2D eigenvalue weighted by Gasteiger charge is 2.34. The fourth-order valence-corrected chi connectivity index (χ4v) is 5.29. The molecule has 2 aromatic heterocycles. The van der Waals surface area contributed by atoms with E-state index in [9.17, 15) is 32.3 Å². The Kier molecular flexibility index (Phi) is 6.87. The quantitative estimate of drug-likeness (QED) is 0.632. The van der Waals surface area contributed by atoms with Gasteiger partial charge in [-0.15, -0.1) is 11.3 Å². The predicted octanol–water partition coefficient (Wildman–Crippen LogP) is 3.00. The first-order valence-electron chi connectivity index (χ1n) is 10.4. The van der Waals surface area contributed by atoms with Gasteiger partial charge in [-0.05, 0) is 38.2 Å². The minimum Gasteiger partial charge on any atom is -0.481 e. The summed E-state index contributed by atoms with van der Waals surface area (Å²) in [6.07, 6.45) is -3.67. The van der Waals surface area contributed by atoms with Crippen molar-refractivity contribution in [1.82, 2.24) is 14.0 Å². The van der Waals surface area contributed by atoms with Crippen LogP contribution in [0.5, 0.6) is 0 Å². The number of carbonyl (C=O) groups is 2. The van der Waals surface area contributed by atoms with E-state index in [1.54, 1.807) is 4.90 Å². The number of hydrogen-bond acceptors (Lipinski definition) is 5. The molecule has 1 fully saturated rings. The minimum absolute atomic E-state index is 0.00159. The number of alkyl halides is 3. The Morgan fingerprint density at radius 3 is 2.30 bits per heavy atom. The molecule has 8 nitrogen and oxygen atoms in total. The van der Waals surface area contributed by atoms with Crippen LogP contribution in [0.4, 0.5) is 13.2 Å². The lowest BCUT2D eigenvalue weighted by Gasteiger charge is -2.31. The van der Waals surface area contributed by atoms with E-state index in [-0.39, 0.29) is 34.0 Å². The summed E-state index contributed by atoms with van der Waals surface area (Å²) in [6, 6.07) is 0. The molecule has 1 aliphatic heterocycles. The number of aromatic nitrogens is 2. The summed E-state index contributed by atoms with van der Waals surface area (Å²) in [7, 11) is 0. The lowest BCUT2D eigenvalue weighted by Crippen LogP contribution is -2.40. The second-order valence-electron chi connectivity index (χ2n) is 8.09. The van der Waals surface area contributed by atoms with Crippen LogP contribution in [0.25, 0.3) is 10.2 Å². The number of likely N-dealkylation sites (tertiary alicyclic amines) is 1. The van der Waals surface area contributed by atoms with Gasteiger partial charge in [0.15, 0.2) is 0 Å². The molecule has 3 heterocycles. The van der Waals surface area contributed by atoms with Crippen molar-refractivity contribution in [3.8, 4) is 0 Å². The summed E-state index contributed by atoms with van der Waals surface area (Å²) in [5, 5.41) is 8.99. The Morgan fingerprint density at radius 2 is 1.79 bits per heavy atom. The van der Waals surface area contributed by atoms with Crippen molar-refractivity contribution in [2.75, 3.05) is 13.1 Å². The molecule has 0 unspecified atom stereocenters. The van der Waals surface area contributed by atoms with Crippen LogP contribution in [0.3, 0.4) is 0 Å². The van der Waals surface area contributed by atoms with Gasteiger partial charge in [-0.25, -0.2) is 4.79 Å². The first-order valence-corrected chi connectivity index (χ1v) is 11.2. The van der Waals surface area contributed by atoms with Gasteiger partial charge in [0.25, 0.3) is 11.5 Å². The van der Waals surface area contributed by atoms with Crippen molar-refractivity contribution in [2.45, 2.75) is 52.4 Å². The highest BCUT2D eigenvalue weighted by Crippen LogP contribution is 2.32. The molecule has 1 N–H and O–H groups in total. The fourth-order valence-electron chi connectivity index (χ4n) is 4.03. The zero-order valence-corrected chi connectivity index (χ0v) is 19.0. The number of halogens is 3. The molecule has 1 aliphatic rings. The van der Waals surface area contributed by atoms with E-state index >= 15 is 0 Å². The molecule has 0 saturated carbocycles. The number of rotatable bonds is 6. The average Bonchev–Trinajstić information content (AvgIpc) is 3.07. The summed E-state index contributed by atoms with van der Waals surface area (Å²) in [5.41, 5.74) is -2.38. The fraction of sp³-hybridized carbons (Fsp3) is 0.524. The number of carboxylic acid groups (broad SMARTS) is 1. The van der Waals surface area contributed by atoms with Crippen LogP contribution in [-0.4, -0.2) is 50.3 Å². The maximum Gasteiger partial charge on any atom is 0.413 e. The molecule has 0 radical (unpaired) electrons. The number of aliphatic carboxylic acids is 1. The van der Waals surface area contributed by atoms with E-state index in [0.29, 0.717) is 31.5 Å². The Bertz CT molecular complexity index is 1230. The molecule has 33 heavy (non-hydrogen) atoms. The number of allylic oxidation sites excluding steroid dienone is 1. The van der Waals surface area contributed by atoms with Crippen LogP contribution in [0.1, 0.15) is 41.4 Å². The number of hydrogen-bond donors (Lipinski definition) is 1. The number of amides is 1. The third-order valence-corrected chi connectivity index (χ3v) is 7.22. The Labute approximate surface area is 190 Å². The zero-order valence-electron chi connectivity index (χ0n) is 18.2. The average molecular weight is 488 g/mol. The summed E-state index contributed by atoms with van der Waals surface area (Å²) in [5.74, 6) is -1.32. The van der Waals surface area contributed by atoms with Crippen molar-refractivity contribution < 1.29 is 27.9 Å². The molecule has 180 valence electrons. The van der Waals surface area contributed by atoms with Gasteiger partial charge in [-0.1, -0.05) is 6.58 Å². The van der Waals surface area contributed by atoms with Crippen molar-refractivity contribution >= 4 is 33.4 Å². The Morgan fingerprint density at radius 1 is 1.18 bits per heavy atom. The van der Waals surface area contributed by atoms with E-state index in [0.717, 1.165) is 20.5 Å². The summed E-state index contributed by atoms with van der Waals surface area (Å²) in [6.45, 7) is 5.88. The molecule has 1 amide bonds. The van der Waals surface area contributed by atoms with Crippen molar-refractivity contribution in [2.24, 2.45) is 5.92 Å². The topological polar surface area (TPSA) is 102 Å². The van der Waals surface area contributed by atoms with E-state index in [2.05, 4.69) is 6.58 Å². The maximum atomic E-state index is 13.2. The second-order valence-corrected chi connectivity index (χ2v) is 9.09. The summed E-state index contributed by atoms with van der Waals surface area (Å²) in [4.78, 5) is 51.6. The van der Waals surface area contributed by atoms with E-state index in [1.165, 1.54) is 13.8 Å². The monoisotopic (exact) mass is 487 g/mol. The SMILES string of the molecule is C=C(Cn1c(=O)n(CC)c(=O)c2c(C)c(C(=O)N3CCC(CC(=O)O)CC3)sc21)C(F)(F)F. The Balaban J connectivity index is 2.05. The van der Waals surface area contributed by atoms with Crippen LogP contribution in [0, 0.1) is 12.8 Å². The van der Waals surface area contributed by atoms with Gasteiger partial charge in [-0.2, -0.15) is 13.2 Å². The van der Waals surface area contributed by atoms with Crippen LogP contribution in [0.2, 0.25) is 0 Å². The van der Waals surface area contributed by atoms with Crippen molar-refractivity contribution in [3.63, 3.8) is 0 Å². The molecular formula is C21H24F3N3O5S. The lowest BCUT2D eigenvalue weighted by atomic mass is 9.93. The largest absolute Gasteiger partial charge is 0.481 e. The number of nitrogens with zero attached hydrogens (tertiary/aromatic N) is 3. The standard InChI is InChI=1S/C21H24F3N3O5S/c1-4-26-17(30)15-12(3)16(18(31)25-7-5-13(6-8-25)9-14(28)29)33-19(15)27(20(26)32)10-11(2)21(22,23)24/h13H,2,4-10H2,1,3H3,(H,28,29). The normalized spacial score (nSPS) is 15.2. The van der Waals surface area contributed by atoms with Crippen LogP contribution >= 0.6 is 11.3 Å². The molecule has 0 aromatic carbocycles. The van der Waals surface area contributed by atoms with Gasteiger partial charge in [0.2, 0.25) is 0 Å². The molecule has 2 aromatic rings. The van der Waals surface area contributed by atoms with Crippen molar-refractivity contribution in [1.29, 1.82) is 0 Å². The summed E-state index contributed by atoms with van der Waals surface area (Å²) < 4.78 is 41.0. The molecule has 3 rings (SSSR count). The highest BCUT2D eigenvalue weighted by atomic mass is 32.1. The molecule has 0 aliphatic carbocycles. The maximum absolute atomic E-state index is 13.2. The molecule has 0 bridgehead atoms. The molecule has 0 atom stereocenters. The van der Waals surface area contributed by atoms with E-state index in [4.69, 9.17) is 5.11 Å². The lowest BCUT2D eigenvalue weighted by molar-refractivity contribution is -0.138. The van der Waals surface area contributed by atoms with E-state index < -0.39 is 41.4 Å².